The molecule has 1 fully saturated rings. The van der Waals surface area contributed by atoms with E-state index in [2.05, 4.69) is 48.2 Å². The van der Waals surface area contributed by atoms with Crippen LogP contribution < -0.4 is 15.4 Å². The van der Waals surface area contributed by atoms with Crippen molar-refractivity contribution in [3.63, 3.8) is 0 Å². The lowest BCUT2D eigenvalue weighted by atomic mass is 10.0. The molecule has 0 amide bonds. The van der Waals surface area contributed by atoms with Gasteiger partial charge >= 0.3 is 0 Å². The molecule has 2 heterocycles. The summed E-state index contributed by atoms with van der Waals surface area (Å²) in [5, 5.41) is 6.97. The minimum absolute atomic E-state index is 0.495. The van der Waals surface area contributed by atoms with Crippen molar-refractivity contribution in [2.24, 2.45) is 10.9 Å². The molecule has 1 aromatic heterocycles. The van der Waals surface area contributed by atoms with Crippen LogP contribution in [0.25, 0.3) is 0 Å². The van der Waals surface area contributed by atoms with Gasteiger partial charge in [0.15, 0.2) is 5.96 Å². The van der Waals surface area contributed by atoms with Crippen LogP contribution in [0.2, 0.25) is 0 Å². The highest BCUT2D eigenvalue weighted by Gasteiger charge is 2.20. The lowest BCUT2D eigenvalue weighted by molar-refractivity contribution is 0.187. The van der Waals surface area contributed by atoms with Gasteiger partial charge in [-0.3, -0.25) is 0 Å². The Hall–Kier alpha value is -1.82. The van der Waals surface area contributed by atoms with Crippen molar-refractivity contribution in [3.05, 3.63) is 23.9 Å². The van der Waals surface area contributed by atoms with Crippen LogP contribution in [-0.2, 0) is 6.54 Å². The average molecular weight is 376 g/mol. The van der Waals surface area contributed by atoms with E-state index >= 15 is 0 Å². The maximum atomic E-state index is 5.53. The van der Waals surface area contributed by atoms with E-state index in [1.807, 2.05) is 18.3 Å². The van der Waals surface area contributed by atoms with E-state index in [1.54, 1.807) is 0 Å². The van der Waals surface area contributed by atoms with E-state index in [-0.39, 0.29) is 0 Å². The summed E-state index contributed by atoms with van der Waals surface area (Å²) in [7, 11) is 0. The fourth-order valence-corrected chi connectivity index (χ4v) is 3.26. The number of guanidine groups is 1. The first-order valence-electron chi connectivity index (χ1n) is 10.5. The van der Waals surface area contributed by atoms with Gasteiger partial charge in [0, 0.05) is 44.5 Å². The molecule has 1 aliphatic heterocycles. The predicted molar refractivity (Wildman–Crippen MR) is 112 cm³/mol. The Morgan fingerprint density at radius 2 is 2.07 bits per heavy atom. The van der Waals surface area contributed by atoms with Gasteiger partial charge in [-0.25, -0.2) is 9.98 Å². The number of aliphatic imine (C=N–C) groups is 1. The van der Waals surface area contributed by atoms with Crippen LogP contribution in [-0.4, -0.2) is 54.7 Å². The zero-order chi connectivity index (χ0) is 19.5. The maximum absolute atomic E-state index is 5.53. The molecule has 0 unspecified atom stereocenters. The summed E-state index contributed by atoms with van der Waals surface area (Å²) in [4.78, 5) is 11.7. The molecule has 0 saturated carbocycles. The topological polar surface area (TPSA) is 61.8 Å². The predicted octanol–water partition coefficient (Wildman–Crippen LogP) is 3.05. The molecule has 1 aliphatic rings. The monoisotopic (exact) mass is 375 g/mol. The fourth-order valence-electron chi connectivity index (χ4n) is 3.26. The number of hydrogen-bond donors (Lipinski definition) is 2. The number of piperidine rings is 1. The van der Waals surface area contributed by atoms with E-state index in [4.69, 9.17) is 9.73 Å². The molecule has 0 bridgehead atoms. The summed E-state index contributed by atoms with van der Waals surface area (Å²) in [6.07, 6.45) is 5.18. The number of aromatic nitrogens is 1. The van der Waals surface area contributed by atoms with Crippen LogP contribution in [0.3, 0.4) is 0 Å². The van der Waals surface area contributed by atoms with Crippen molar-refractivity contribution < 1.29 is 4.74 Å². The summed E-state index contributed by atoms with van der Waals surface area (Å²) in [6.45, 7) is 14.5. The van der Waals surface area contributed by atoms with Gasteiger partial charge in [0.2, 0.25) is 5.88 Å². The number of rotatable bonds is 9. The van der Waals surface area contributed by atoms with Crippen LogP contribution >= 0.6 is 0 Å². The minimum Gasteiger partial charge on any atom is -0.478 e. The first kappa shape index (κ1) is 21.5. The van der Waals surface area contributed by atoms with Crippen LogP contribution in [0.1, 0.15) is 52.5 Å². The molecule has 0 radical (unpaired) electrons. The second-order valence-electron chi connectivity index (χ2n) is 7.66. The van der Waals surface area contributed by atoms with E-state index in [9.17, 15) is 0 Å². The van der Waals surface area contributed by atoms with Crippen LogP contribution in [0.15, 0.2) is 23.3 Å². The smallest absolute Gasteiger partial charge is 0.213 e. The van der Waals surface area contributed by atoms with E-state index < -0.39 is 0 Å². The van der Waals surface area contributed by atoms with Gasteiger partial charge in [0.25, 0.3) is 0 Å². The molecule has 1 aromatic rings. The highest BCUT2D eigenvalue weighted by molar-refractivity contribution is 5.80. The van der Waals surface area contributed by atoms with Gasteiger partial charge in [-0.2, -0.15) is 0 Å². The van der Waals surface area contributed by atoms with Gasteiger partial charge in [-0.05, 0) is 37.7 Å². The molecule has 0 aromatic carbocycles. The third-order valence-electron chi connectivity index (χ3n) is 4.57. The lowest BCUT2D eigenvalue weighted by Gasteiger charge is -2.34. The molecule has 6 heteroatoms. The zero-order valence-electron chi connectivity index (χ0n) is 17.5. The minimum atomic E-state index is 0.495. The molecule has 2 rings (SSSR count). The number of ether oxygens (including phenoxy) is 1. The first-order chi connectivity index (χ1) is 13.1. The van der Waals surface area contributed by atoms with Crippen molar-refractivity contribution >= 4 is 5.96 Å². The molecule has 0 spiro atoms. The van der Waals surface area contributed by atoms with Gasteiger partial charge in [-0.1, -0.05) is 26.8 Å². The highest BCUT2D eigenvalue weighted by atomic mass is 16.5. The molecule has 2 N–H and O–H groups in total. The molecule has 27 heavy (non-hydrogen) atoms. The second-order valence-corrected chi connectivity index (χ2v) is 7.66. The molecule has 0 aliphatic carbocycles. The third-order valence-corrected chi connectivity index (χ3v) is 4.57. The summed E-state index contributed by atoms with van der Waals surface area (Å²) < 4.78 is 5.53. The Balaban J connectivity index is 1.83. The fraction of sp³-hybridized carbons (Fsp3) is 0.714. The SMILES string of the molecule is CCCOc1ccc(CN=C(NCC)NC2CCN(CC(C)C)CC2)cn1. The average Bonchev–Trinajstić information content (AvgIpc) is 2.66. The Bertz CT molecular complexity index is 550. The largest absolute Gasteiger partial charge is 0.478 e. The third kappa shape index (κ3) is 8.16. The number of hydrogen-bond acceptors (Lipinski definition) is 4. The van der Waals surface area contributed by atoms with Crippen LogP contribution in [0.5, 0.6) is 5.88 Å². The lowest BCUT2D eigenvalue weighted by Crippen LogP contribution is -2.49. The van der Waals surface area contributed by atoms with Crippen LogP contribution in [0.4, 0.5) is 0 Å². The summed E-state index contributed by atoms with van der Waals surface area (Å²) in [5.41, 5.74) is 1.09. The Kier molecular flexibility index (Phi) is 9.39. The summed E-state index contributed by atoms with van der Waals surface area (Å²) in [6, 6.07) is 4.45. The van der Waals surface area contributed by atoms with Crippen LogP contribution in [0, 0.1) is 5.92 Å². The standard InChI is InChI=1S/C21H37N5O/c1-5-13-27-20-8-7-18(14-23-20)15-24-21(22-6-2)25-19-9-11-26(12-10-19)16-17(3)4/h7-8,14,17,19H,5-6,9-13,15-16H2,1-4H3,(H2,22,24,25). The van der Waals surface area contributed by atoms with Crippen molar-refractivity contribution in [2.75, 3.05) is 32.8 Å². The summed E-state index contributed by atoms with van der Waals surface area (Å²) >= 11 is 0. The van der Waals surface area contributed by atoms with Crippen molar-refractivity contribution in [2.45, 2.75) is 59.5 Å². The number of nitrogens with zero attached hydrogens (tertiary/aromatic N) is 3. The molecule has 0 atom stereocenters. The Morgan fingerprint density at radius 1 is 1.30 bits per heavy atom. The Labute approximate surface area is 164 Å². The van der Waals surface area contributed by atoms with Gasteiger partial charge in [-0.15, -0.1) is 0 Å². The molecule has 6 nitrogen and oxygen atoms in total. The first-order valence-corrected chi connectivity index (χ1v) is 10.5. The second kappa shape index (κ2) is 11.8. The van der Waals surface area contributed by atoms with E-state index in [0.717, 1.165) is 30.4 Å². The number of pyridine rings is 1. The molecular formula is C21H37N5O. The van der Waals surface area contributed by atoms with Crippen molar-refractivity contribution in [1.82, 2.24) is 20.5 Å². The van der Waals surface area contributed by atoms with Gasteiger partial charge < -0.3 is 20.3 Å². The molecule has 152 valence electrons. The molecule has 1 saturated heterocycles. The molecular weight excluding hydrogens is 338 g/mol. The number of likely N-dealkylation sites (tertiary alicyclic amines) is 1. The maximum Gasteiger partial charge on any atom is 0.213 e. The quantitative estimate of drug-likeness (QED) is 0.513. The number of nitrogens with one attached hydrogen (secondary N) is 2. The van der Waals surface area contributed by atoms with Gasteiger partial charge in [0.05, 0.1) is 13.2 Å². The van der Waals surface area contributed by atoms with E-state index in [0.29, 0.717) is 25.1 Å². The van der Waals surface area contributed by atoms with Gasteiger partial charge in [0.1, 0.15) is 0 Å². The summed E-state index contributed by atoms with van der Waals surface area (Å²) in [5.74, 6) is 2.31. The van der Waals surface area contributed by atoms with Crippen molar-refractivity contribution in [3.8, 4) is 5.88 Å². The normalized spacial score (nSPS) is 16.6. The Morgan fingerprint density at radius 3 is 2.67 bits per heavy atom. The zero-order valence-corrected chi connectivity index (χ0v) is 17.5. The highest BCUT2D eigenvalue weighted by Crippen LogP contribution is 2.12. The van der Waals surface area contributed by atoms with Crippen molar-refractivity contribution in [1.29, 1.82) is 0 Å². The van der Waals surface area contributed by atoms with E-state index in [1.165, 1.54) is 32.5 Å².